The highest BCUT2D eigenvalue weighted by Gasteiger charge is 2.19. The lowest BCUT2D eigenvalue weighted by atomic mass is 10.2. The normalized spacial score (nSPS) is 10.6. The zero-order valence-corrected chi connectivity index (χ0v) is 15.7. The van der Waals surface area contributed by atoms with Gasteiger partial charge in [0.05, 0.1) is 22.0 Å². The van der Waals surface area contributed by atoms with Crippen molar-refractivity contribution in [2.75, 3.05) is 18.9 Å². The number of hydrogen-bond acceptors (Lipinski definition) is 4. The van der Waals surface area contributed by atoms with Crippen LogP contribution in [0.15, 0.2) is 57.7 Å². The van der Waals surface area contributed by atoms with Gasteiger partial charge in [-0.15, -0.1) is 0 Å². The Bertz CT molecular complexity index is 1090. The number of carbonyl (C=O) groups excluding carboxylic acids is 2. The van der Waals surface area contributed by atoms with Gasteiger partial charge in [-0.2, -0.15) is 0 Å². The van der Waals surface area contributed by atoms with Crippen molar-refractivity contribution in [3.8, 4) is 0 Å². The minimum absolute atomic E-state index is 0.136. The van der Waals surface area contributed by atoms with E-state index in [1.54, 1.807) is 36.4 Å². The quantitative estimate of drug-likeness (QED) is 0.716. The molecule has 0 fully saturated rings. The Labute approximate surface area is 164 Å². The zero-order chi connectivity index (χ0) is 19.6. The molecule has 1 aromatic heterocycles. The highest BCUT2D eigenvalue weighted by molar-refractivity contribution is 6.42. The van der Waals surface area contributed by atoms with E-state index in [0.717, 1.165) is 11.0 Å². The predicted molar refractivity (Wildman–Crippen MR) is 105 cm³/mol. The van der Waals surface area contributed by atoms with Crippen LogP contribution in [-0.2, 0) is 4.79 Å². The third kappa shape index (κ3) is 4.30. The number of halogens is 2. The van der Waals surface area contributed by atoms with Crippen molar-refractivity contribution in [1.29, 1.82) is 0 Å². The SMILES string of the molecule is CN(CC(=O)Nc1ccc(Cl)c(Cl)c1)C(=O)c1cc(=O)c2ccccc2o1. The maximum Gasteiger partial charge on any atom is 0.289 e. The molecule has 0 radical (unpaired) electrons. The molecule has 2 aromatic carbocycles. The van der Waals surface area contributed by atoms with E-state index in [0.29, 0.717) is 26.7 Å². The van der Waals surface area contributed by atoms with Gasteiger partial charge >= 0.3 is 0 Å². The van der Waals surface area contributed by atoms with E-state index in [9.17, 15) is 14.4 Å². The number of hydrogen-bond donors (Lipinski definition) is 1. The first-order chi connectivity index (χ1) is 12.8. The van der Waals surface area contributed by atoms with Crippen LogP contribution in [0.4, 0.5) is 5.69 Å². The van der Waals surface area contributed by atoms with Gasteiger partial charge in [-0.25, -0.2) is 0 Å². The molecule has 0 aliphatic rings. The minimum atomic E-state index is -0.581. The Kier molecular flexibility index (Phi) is 5.48. The van der Waals surface area contributed by atoms with Crippen molar-refractivity contribution >= 4 is 51.7 Å². The Hall–Kier alpha value is -2.83. The van der Waals surface area contributed by atoms with E-state index >= 15 is 0 Å². The van der Waals surface area contributed by atoms with Crippen LogP contribution in [0.25, 0.3) is 11.0 Å². The van der Waals surface area contributed by atoms with Crippen molar-refractivity contribution in [2.24, 2.45) is 0 Å². The molecule has 0 saturated heterocycles. The van der Waals surface area contributed by atoms with E-state index in [1.165, 1.54) is 13.1 Å². The van der Waals surface area contributed by atoms with Crippen molar-refractivity contribution < 1.29 is 14.0 Å². The van der Waals surface area contributed by atoms with Crippen LogP contribution in [0.5, 0.6) is 0 Å². The average molecular weight is 405 g/mol. The van der Waals surface area contributed by atoms with Crippen molar-refractivity contribution in [2.45, 2.75) is 0 Å². The lowest BCUT2D eigenvalue weighted by molar-refractivity contribution is -0.116. The van der Waals surface area contributed by atoms with Crippen molar-refractivity contribution in [3.05, 3.63) is 74.6 Å². The molecule has 6 nitrogen and oxygen atoms in total. The molecule has 0 saturated carbocycles. The number of nitrogens with one attached hydrogen (secondary N) is 1. The number of rotatable bonds is 4. The minimum Gasteiger partial charge on any atom is -0.451 e. The second-order valence-corrected chi connectivity index (χ2v) is 6.62. The van der Waals surface area contributed by atoms with Crippen LogP contribution >= 0.6 is 23.2 Å². The van der Waals surface area contributed by atoms with Gasteiger partial charge in [0.25, 0.3) is 5.91 Å². The molecule has 27 heavy (non-hydrogen) atoms. The molecule has 0 atom stereocenters. The predicted octanol–water partition coefficient (Wildman–Crippen LogP) is 3.81. The maximum atomic E-state index is 12.5. The van der Waals surface area contributed by atoms with Crippen molar-refractivity contribution in [3.63, 3.8) is 0 Å². The Balaban J connectivity index is 1.72. The van der Waals surface area contributed by atoms with Crippen LogP contribution in [0.3, 0.4) is 0 Å². The fourth-order valence-corrected chi connectivity index (χ4v) is 2.76. The molecular weight excluding hydrogens is 391 g/mol. The summed E-state index contributed by atoms with van der Waals surface area (Å²) in [5.74, 6) is -1.15. The summed E-state index contributed by atoms with van der Waals surface area (Å²) in [5, 5.41) is 3.67. The fraction of sp³-hybridized carbons (Fsp3) is 0.105. The van der Waals surface area contributed by atoms with Gasteiger partial charge in [-0.05, 0) is 30.3 Å². The Morgan fingerprint density at radius 2 is 1.81 bits per heavy atom. The van der Waals surface area contributed by atoms with Crippen LogP contribution in [0.1, 0.15) is 10.6 Å². The lowest BCUT2D eigenvalue weighted by Crippen LogP contribution is -2.35. The number of fused-ring (bicyclic) bond motifs is 1. The third-order valence-corrected chi connectivity index (χ3v) is 4.52. The molecular formula is C19H14Cl2N2O4. The number of anilines is 1. The zero-order valence-electron chi connectivity index (χ0n) is 14.2. The number of para-hydroxylation sites is 1. The molecule has 2 amide bonds. The molecule has 0 aliphatic heterocycles. The average Bonchev–Trinajstić information content (AvgIpc) is 2.64. The molecule has 1 heterocycles. The first-order valence-corrected chi connectivity index (χ1v) is 8.64. The summed E-state index contributed by atoms with van der Waals surface area (Å²) in [7, 11) is 1.44. The van der Waals surface area contributed by atoms with Gasteiger partial charge in [0, 0.05) is 18.8 Å². The van der Waals surface area contributed by atoms with Gasteiger partial charge in [-0.1, -0.05) is 35.3 Å². The van der Waals surface area contributed by atoms with E-state index < -0.39 is 11.8 Å². The summed E-state index contributed by atoms with van der Waals surface area (Å²) in [6, 6.07) is 12.4. The number of amides is 2. The first kappa shape index (κ1) is 18.9. The summed E-state index contributed by atoms with van der Waals surface area (Å²) < 4.78 is 5.50. The lowest BCUT2D eigenvalue weighted by Gasteiger charge is -2.16. The van der Waals surface area contributed by atoms with Crippen LogP contribution in [-0.4, -0.2) is 30.3 Å². The highest BCUT2D eigenvalue weighted by atomic mass is 35.5. The van der Waals surface area contributed by atoms with Crippen LogP contribution in [0, 0.1) is 0 Å². The first-order valence-electron chi connectivity index (χ1n) is 7.88. The monoisotopic (exact) mass is 404 g/mol. The standard InChI is InChI=1S/C19H14Cl2N2O4/c1-23(10-18(25)22-11-6-7-13(20)14(21)8-11)19(26)17-9-15(24)12-4-2-3-5-16(12)27-17/h2-9H,10H2,1H3,(H,22,25). The summed E-state index contributed by atoms with van der Waals surface area (Å²) in [4.78, 5) is 37.9. The summed E-state index contributed by atoms with van der Waals surface area (Å²) in [6.07, 6.45) is 0. The van der Waals surface area contributed by atoms with Crippen LogP contribution < -0.4 is 10.7 Å². The van der Waals surface area contributed by atoms with E-state index in [-0.39, 0.29) is 17.7 Å². The molecule has 3 rings (SSSR count). The molecule has 0 spiro atoms. The Morgan fingerprint density at radius 1 is 1.07 bits per heavy atom. The Morgan fingerprint density at radius 3 is 2.56 bits per heavy atom. The largest absolute Gasteiger partial charge is 0.451 e. The number of benzene rings is 2. The molecule has 0 unspecified atom stereocenters. The van der Waals surface area contributed by atoms with E-state index in [2.05, 4.69) is 5.32 Å². The highest BCUT2D eigenvalue weighted by Crippen LogP contribution is 2.25. The van der Waals surface area contributed by atoms with Gasteiger partial charge in [0.1, 0.15) is 5.58 Å². The summed E-state index contributed by atoms with van der Waals surface area (Å²) in [5.41, 5.74) is 0.434. The molecule has 3 aromatic rings. The summed E-state index contributed by atoms with van der Waals surface area (Å²) in [6.45, 7) is -0.240. The van der Waals surface area contributed by atoms with E-state index in [4.69, 9.17) is 27.6 Å². The van der Waals surface area contributed by atoms with Gasteiger partial charge in [-0.3, -0.25) is 14.4 Å². The van der Waals surface area contributed by atoms with Gasteiger partial charge in [0.15, 0.2) is 11.2 Å². The van der Waals surface area contributed by atoms with Gasteiger partial charge < -0.3 is 14.6 Å². The van der Waals surface area contributed by atoms with Crippen LogP contribution in [0.2, 0.25) is 10.0 Å². The second-order valence-electron chi connectivity index (χ2n) is 5.81. The second kappa shape index (κ2) is 7.82. The third-order valence-electron chi connectivity index (χ3n) is 3.78. The smallest absolute Gasteiger partial charge is 0.289 e. The van der Waals surface area contributed by atoms with E-state index in [1.807, 2.05) is 0 Å². The van der Waals surface area contributed by atoms with Gasteiger partial charge in [0.2, 0.25) is 5.91 Å². The number of nitrogens with zero attached hydrogens (tertiary/aromatic N) is 1. The molecule has 8 heteroatoms. The molecule has 0 aliphatic carbocycles. The fourth-order valence-electron chi connectivity index (χ4n) is 2.46. The molecule has 138 valence electrons. The number of carbonyl (C=O) groups is 2. The topological polar surface area (TPSA) is 79.6 Å². The summed E-state index contributed by atoms with van der Waals surface area (Å²) >= 11 is 11.7. The molecule has 0 bridgehead atoms. The van der Waals surface area contributed by atoms with Crippen molar-refractivity contribution in [1.82, 2.24) is 4.90 Å². The number of likely N-dealkylation sites (N-methyl/N-ethyl adjacent to an activating group) is 1. The molecule has 1 N–H and O–H groups in total. The maximum absolute atomic E-state index is 12.5.